The summed E-state index contributed by atoms with van der Waals surface area (Å²) >= 11 is 0. The van der Waals surface area contributed by atoms with Crippen LogP contribution in [0.4, 0.5) is 0 Å². The van der Waals surface area contributed by atoms with E-state index in [1.54, 1.807) is 6.92 Å². The van der Waals surface area contributed by atoms with Gasteiger partial charge in [-0.1, -0.05) is 20.3 Å². The summed E-state index contributed by atoms with van der Waals surface area (Å²) in [5.41, 5.74) is 0.0746. The molecule has 4 rings (SSSR count). The zero-order valence-electron chi connectivity index (χ0n) is 17.1. The van der Waals surface area contributed by atoms with Crippen molar-refractivity contribution in [2.24, 2.45) is 34.5 Å². The summed E-state index contributed by atoms with van der Waals surface area (Å²) in [6.45, 7) is 8.11. The van der Waals surface area contributed by atoms with Crippen LogP contribution in [-0.4, -0.2) is 17.4 Å². The van der Waals surface area contributed by atoms with Crippen molar-refractivity contribution < 1.29 is 14.3 Å². The molecule has 0 heterocycles. The van der Waals surface area contributed by atoms with Gasteiger partial charge < -0.3 is 4.74 Å². The number of ether oxygens (including phenoxy) is 1. The standard InChI is InChI=1S/C23H36O3/c1-15(24)23(26-16(2)25)13-12-22(4)17(14-23)7-8-18-19-6-5-10-21(19,3)11-9-20(18)22/h17-20H,5-14H2,1-4H3/t17-,18+,19+,20-,21-,22-,23-/m0/s1. The van der Waals surface area contributed by atoms with E-state index >= 15 is 0 Å². The van der Waals surface area contributed by atoms with E-state index in [1.165, 1.54) is 51.9 Å². The fourth-order valence-electron chi connectivity index (χ4n) is 7.98. The molecule has 0 spiro atoms. The monoisotopic (exact) mass is 360 g/mol. The first-order chi connectivity index (χ1) is 12.2. The van der Waals surface area contributed by atoms with Gasteiger partial charge in [-0.15, -0.1) is 0 Å². The molecule has 0 aromatic carbocycles. The Morgan fingerprint density at radius 3 is 2.35 bits per heavy atom. The maximum atomic E-state index is 12.4. The maximum absolute atomic E-state index is 12.4. The van der Waals surface area contributed by atoms with Crippen molar-refractivity contribution in [2.75, 3.05) is 0 Å². The summed E-state index contributed by atoms with van der Waals surface area (Å²) in [5, 5.41) is 0. The fourth-order valence-corrected chi connectivity index (χ4v) is 7.98. The van der Waals surface area contributed by atoms with Gasteiger partial charge in [0.05, 0.1) is 0 Å². The Labute approximate surface area is 158 Å². The van der Waals surface area contributed by atoms with E-state index < -0.39 is 5.60 Å². The molecule has 3 heteroatoms. The number of carbonyl (C=O) groups is 2. The van der Waals surface area contributed by atoms with Gasteiger partial charge in [0.15, 0.2) is 11.4 Å². The predicted octanol–water partition coefficient (Wildman–Crippen LogP) is 5.31. The number of esters is 1. The van der Waals surface area contributed by atoms with Gasteiger partial charge in [0.2, 0.25) is 0 Å². The normalized spacial score (nSPS) is 50.3. The van der Waals surface area contributed by atoms with Gasteiger partial charge in [0, 0.05) is 6.92 Å². The first-order valence-corrected chi connectivity index (χ1v) is 10.9. The van der Waals surface area contributed by atoms with Crippen LogP contribution < -0.4 is 0 Å². The average Bonchev–Trinajstić information content (AvgIpc) is 2.96. The quantitative estimate of drug-likeness (QED) is 0.627. The van der Waals surface area contributed by atoms with E-state index in [9.17, 15) is 9.59 Å². The lowest BCUT2D eigenvalue weighted by Crippen LogP contribution is -2.57. The Morgan fingerprint density at radius 2 is 1.65 bits per heavy atom. The third-order valence-electron chi connectivity index (χ3n) is 9.47. The molecule has 0 N–H and O–H groups in total. The third-order valence-corrected chi connectivity index (χ3v) is 9.47. The van der Waals surface area contributed by atoms with Crippen molar-refractivity contribution in [2.45, 2.75) is 97.5 Å². The SMILES string of the molecule is CC(=O)O[C@@]1(C(C)=O)CC[C@@]2(C)[C@@H](CC[C@@H]3[C@H]4CCC[C@@]4(C)CC[C@@H]32)C1. The molecule has 4 saturated carbocycles. The Morgan fingerprint density at radius 1 is 0.885 bits per heavy atom. The molecule has 146 valence electrons. The summed E-state index contributed by atoms with van der Waals surface area (Å²) in [6.07, 6.45) is 12.1. The molecule has 0 unspecified atom stereocenters. The van der Waals surface area contributed by atoms with Gasteiger partial charge >= 0.3 is 5.97 Å². The molecular weight excluding hydrogens is 324 g/mol. The van der Waals surface area contributed by atoms with Crippen LogP contribution in [0.1, 0.15) is 91.9 Å². The summed E-state index contributed by atoms with van der Waals surface area (Å²) in [6, 6.07) is 0. The summed E-state index contributed by atoms with van der Waals surface area (Å²) in [7, 11) is 0. The van der Waals surface area contributed by atoms with Crippen molar-refractivity contribution in [1.82, 2.24) is 0 Å². The summed E-state index contributed by atoms with van der Waals surface area (Å²) < 4.78 is 5.67. The molecule has 0 bridgehead atoms. The first kappa shape index (κ1) is 18.5. The fraction of sp³-hybridized carbons (Fsp3) is 0.913. The van der Waals surface area contributed by atoms with E-state index in [1.807, 2.05) is 0 Å². The lowest BCUT2D eigenvalue weighted by Gasteiger charge is -2.61. The molecule has 0 saturated heterocycles. The second-order valence-corrected chi connectivity index (χ2v) is 10.6. The number of rotatable bonds is 2. The number of fused-ring (bicyclic) bond motifs is 5. The zero-order valence-corrected chi connectivity index (χ0v) is 17.1. The van der Waals surface area contributed by atoms with E-state index in [2.05, 4.69) is 13.8 Å². The molecule has 3 nitrogen and oxygen atoms in total. The summed E-state index contributed by atoms with van der Waals surface area (Å²) in [4.78, 5) is 24.1. The molecule has 0 radical (unpaired) electrons. The van der Waals surface area contributed by atoms with Crippen LogP contribution in [0.15, 0.2) is 0 Å². The van der Waals surface area contributed by atoms with Gasteiger partial charge in [-0.3, -0.25) is 9.59 Å². The average molecular weight is 361 g/mol. The third kappa shape index (κ3) is 2.59. The molecule has 0 amide bonds. The molecule has 0 aromatic heterocycles. The van der Waals surface area contributed by atoms with Gasteiger partial charge in [0.1, 0.15) is 0 Å². The Hall–Kier alpha value is -0.860. The molecule has 4 fully saturated rings. The minimum Gasteiger partial charge on any atom is -0.451 e. The number of hydrogen-bond acceptors (Lipinski definition) is 3. The minimum atomic E-state index is -0.848. The number of hydrogen-bond donors (Lipinski definition) is 0. The maximum Gasteiger partial charge on any atom is 0.303 e. The van der Waals surface area contributed by atoms with E-state index in [0.29, 0.717) is 16.7 Å². The molecule has 4 aliphatic carbocycles. The van der Waals surface area contributed by atoms with E-state index in [0.717, 1.165) is 37.0 Å². The van der Waals surface area contributed by atoms with Crippen LogP contribution in [-0.2, 0) is 14.3 Å². The highest BCUT2D eigenvalue weighted by Crippen LogP contribution is 2.67. The van der Waals surface area contributed by atoms with Gasteiger partial charge in [-0.25, -0.2) is 0 Å². The highest BCUT2D eigenvalue weighted by Gasteiger charge is 2.60. The zero-order chi connectivity index (χ0) is 18.7. The second kappa shape index (κ2) is 6.07. The molecule has 0 aromatic rings. The van der Waals surface area contributed by atoms with Crippen molar-refractivity contribution in [3.05, 3.63) is 0 Å². The van der Waals surface area contributed by atoms with Crippen LogP contribution in [0, 0.1) is 34.5 Å². The lowest BCUT2D eigenvalue weighted by atomic mass is 9.44. The molecular formula is C23H36O3. The number of ketones is 1. The molecule has 26 heavy (non-hydrogen) atoms. The Bertz CT molecular complexity index is 613. The highest BCUT2D eigenvalue weighted by atomic mass is 16.6. The lowest BCUT2D eigenvalue weighted by molar-refractivity contribution is -0.186. The van der Waals surface area contributed by atoms with E-state index in [-0.39, 0.29) is 11.8 Å². The van der Waals surface area contributed by atoms with Crippen LogP contribution in [0.3, 0.4) is 0 Å². The van der Waals surface area contributed by atoms with Gasteiger partial charge in [0.25, 0.3) is 0 Å². The van der Waals surface area contributed by atoms with Crippen LogP contribution in [0.25, 0.3) is 0 Å². The van der Waals surface area contributed by atoms with Gasteiger partial charge in [-0.05, 0) is 99.2 Å². The minimum absolute atomic E-state index is 0.0453. The Kier molecular flexibility index (Phi) is 4.32. The largest absolute Gasteiger partial charge is 0.451 e. The second-order valence-electron chi connectivity index (χ2n) is 10.6. The first-order valence-electron chi connectivity index (χ1n) is 10.9. The van der Waals surface area contributed by atoms with Crippen molar-refractivity contribution in [3.8, 4) is 0 Å². The smallest absolute Gasteiger partial charge is 0.303 e. The van der Waals surface area contributed by atoms with Crippen molar-refractivity contribution in [3.63, 3.8) is 0 Å². The van der Waals surface area contributed by atoms with Crippen LogP contribution >= 0.6 is 0 Å². The number of carbonyl (C=O) groups excluding carboxylic acids is 2. The summed E-state index contributed by atoms with van der Waals surface area (Å²) in [5.74, 6) is 2.87. The van der Waals surface area contributed by atoms with E-state index in [4.69, 9.17) is 4.74 Å². The van der Waals surface area contributed by atoms with Crippen molar-refractivity contribution >= 4 is 11.8 Å². The van der Waals surface area contributed by atoms with Crippen LogP contribution in [0.5, 0.6) is 0 Å². The Balaban J connectivity index is 1.59. The molecule has 0 aliphatic heterocycles. The highest BCUT2D eigenvalue weighted by molar-refractivity contribution is 5.87. The topological polar surface area (TPSA) is 43.4 Å². The van der Waals surface area contributed by atoms with Crippen LogP contribution in [0.2, 0.25) is 0 Å². The molecule has 7 atom stereocenters. The predicted molar refractivity (Wildman–Crippen MR) is 102 cm³/mol. The van der Waals surface area contributed by atoms with Crippen molar-refractivity contribution in [1.29, 1.82) is 0 Å². The van der Waals surface area contributed by atoms with Gasteiger partial charge in [-0.2, -0.15) is 0 Å². The number of Topliss-reactive ketones (excluding diaryl/α,β-unsaturated/α-hetero) is 1. The molecule has 4 aliphatic rings.